The average Bonchev–Trinajstić information content (AvgIpc) is 2.69. The number of nitrogens with zero attached hydrogens (tertiary/aromatic N) is 3. The van der Waals surface area contributed by atoms with Crippen molar-refractivity contribution in [3.05, 3.63) is 36.0 Å². The molecule has 3 rings (SSSR count). The molecule has 1 aliphatic rings. The molecule has 0 N–H and O–H groups in total. The van der Waals surface area contributed by atoms with E-state index in [-0.39, 0.29) is 12.1 Å². The number of benzene rings is 1. The molecule has 6 nitrogen and oxygen atoms in total. The van der Waals surface area contributed by atoms with Crippen molar-refractivity contribution in [2.24, 2.45) is 0 Å². The molecule has 1 unspecified atom stereocenters. The fraction of sp³-hybridized carbons (Fsp3) is 0.500. The lowest BCUT2D eigenvalue weighted by Gasteiger charge is -2.32. The number of pyridine rings is 1. The van der Waals surface area contributed by atoms with Crippen LogP contribution in [0.5, 0.6) is 5.75 Å². The van der Waals surface area contributed by atoms with E-state index in [4.69, 9.17) is 9.47 Å². The van der Waals surface area contributed by atoms with E-state index >= 15 is 0 Å². The van der Waals surface area contributed by atoms with Crippen LogP contribution in [0, 0.1) is 0 Å². The minimum Gasteiger partial charge on any atom is -0.408 e. The quantitative estimate of drug-likeness (QED) is 0.820. The minimum absolute atomic E-state index is 0.217. The number of morpholine rings is 1. The lowest BCUT2D eigenvalue weighted by Crippen LogP contribution is -2.38. The number of rotatable bonds is 5. The van der Waals surface area contributed by atoms with Gasteiger partial charge in [-0.2, -0.15) is 0 Å². The predicted octanol–water partition coefficient (Wildman–Crippen LogP) is 3.47. The molecule has 1 aromatic heterocycles. The summed E-state index contributed by atoms with van der Waals surface area (Å²) in [6.45, 7) is 10.6. The maximum atomic E-state index is 12.5. The van der Waals surface area contributed by atoms with E-state index in [2.05, 4.69) is 22.9 Å². The van der Waals surface area contributed by atoms with Crippen molar-refractivity contribution >= 4 is 17.0 Å². The Morgan fingerprint density at radius 1 is 1.31 bits per heavy atom. The molecule has 2 aromatic rings. The van der Waals surface area contributed by atoms with E-state index in [1.165, 1.54) is 0 Å². The van der Waals surface area contributed by atoms with Crippen LogP contribution < -0.4 is 4.74 Å². The van der Waals surface area contributed by atoms with Gasteiger partial charge in [-0.3, -0.25) is 9.88 Å². The molecule has 1 fully saturated rings. The first-order valence-electron chi connectivity index (χ1n) is 9.31. The molecule has 1 aliphatic heterocycles. The van der Waals surface area contributed by atoms with Crippen LogP contribution in [0.2, 0.25) is 0 Å². The highest BCUT2D eigenvalue weighted by atomic mass is 16.6. The molecule has 26 heavy (non-hydrogen) atoms. The molecule has 1 amide bonds. The molecule has 1 atom stereocenters. The van der Waals surface area contributed by atoms with Crippen molar-refractivity contribution < 1.29 is 14.3 Å². The molecule has 6 heteroatoms. The molecule has 0 spiro atoms. The second-order valence-corrected chi connectivity index (χ2v) is 6.46. The Balaban J connectivity index is 1.94. The molecule has 140 valence electrons. The standard InChI is InChI=1S/C20H27N3O3/c1-4-22(5-2)20(24)26-18-14-17(13-16-7-6-8-21-19(16)18)15(3)23-9-11-25-12-10-23/h6-8,13-15H,4-5,9-12H2,1-3H3. The van der Waals surface area contributed by atoms with Crippen LogP contribution in [0.25, 0.3) is 10.9 Å². The number of ether oxygens (including phenoxy) is 2. The number of aromatic nitrogens is 1. The number of hydrogen-bond donors (Lipinski definition) is 0. The lowest BCUT2D eigenvalue weighted by molar-refractivity contribution is 0.0198. The highest BCUT2D eigenvalue weighted by molar-refractivity contribution is 5.87. The first kappa shape index (κ1) is 18.6. The Labute approximate surface area is 154 Å². The summed E-state index contributed by atoms with van der Waals surface area (Å²) in [6.07, 6.45) is 1.39. The predicted molar refractivity (Wildman–Crippen MR) is 101 cm³/mol. The Morgan fingerprint density at radius 2 is 2.04 bits per heavy atom. The average molecular weight is 357 g/mol. The monoisotopic (exact) mass is 357 g/mol. The Kier molecular flexibility index (Phi) is 6.06. The smallest absolute Gasteiger partial charge is 0.408 e. The zero-order valence-electron chi connectivity index (χ0n) is 15.8. The SMILES string of the molecule is CCN(CC)C(=O)Oc1cc(C(C)N2CCOCC2)cc2cccnc12. The molecular formula is C20H27N3O3. The van der Waals surface area contributed by atoms with Gasteiger partial charge in [0.2, 0.25) is 0 Å². The van der Waals surface area contributed by atoms with Crippen LogP contribution >= 0.6 is 0 Å². The largest absolute Gasteiger partial charge is 0.415 e. The number of amides is 1. The van der Waals surface area contributed by atoms with Crippen molar-refractivity contribution in [3.63, 3.8) is 0 Å². The fourth-order valence-corrected chi connectivity index (χ4v) is 3.32. The van der Waals surface area contributed by atoms with Gasteiger partial charge in [-0.1, -0.05) is 6.07 Å². The third-order valence-corrected chi connectivity index (χ3v) is 4.99. The summed E-state index contributed by atoms with van der Waals surface area (Å²) in [5, 5.41) is 0.979. The zero-order chi connectivity index (χ0) is 18.5. The second-order valence-electron chi connectivity index (χ2n) is 6.46. The number of fused-ring (bicyclic) bond motifs is 1. The normalized spacial score (nSPS) is 16.4. The van der Waals surface area contributed by atoms with Gasteiger partial charge in [0.05, 0.1) is 13.2 Å². The van der Waals surface area contributed by atoms with E-state index in [9.17, 15) is 4.79 Å². The van der Waals surface area contributed by atoms with Crippen LogP contribution in [0.4, 0.5) is 4.79 Å². The van der Waals surface area contributed by atoms with Crippen molar-refractivity contribution in [2.75, 3.05) is 39.4 Å². The van der Waals surface area contributed by atoms with Gasteiger partial charge in [-0.05, 0) is 44.5 Å². The summed E-state index contributed by atoms with van der Waals surface area (Å²) in [7, 11) is 0. The molecular weight excluding hydrogens is 330 g/mol. The van der Waals surface area contributed by atoms with E-state index in [1.54, 1.807) is 11.1 Å². The van der Waals surface area contributed by atoms with E-state index in [1.807, 2.05) is 32.0 Å². The summed E-state index contributed by atoms with van der Waals surface area (Å²) in [5.74, 6) is 0.523. The van der Waals surface area contributed by atoms with Crippen LogP contribution in [0.1, 0.15) is 32.4 Å². The van der Waals surface area contributed by atoms with Gasteiger partial charge >= 0.3 is 6.09 Å². The second kappa shape index (κ2) is 8.47. The first-order chi connectivity index (χ1) is 12.6. The summed E-state index contributed by atoms with van der Waals surface area (Å²) >= 11 is 0. The number of hydrogen-bond acceptors (Lipinski definition) is 5. The third kappa shape index (κ3) is 3.97. The van der Waals surface area contributed by atoms with Crippen LogP contribution in [0.15, 0.2) is 30.5 Å². The summed E-state index contributed by atoms with van der Waals surface area (Å²) in [5.41, 5.74) is 1.83. The molecule has 2 heterocycles. The van der Waals surface area contributed by atoms with Crippen molar-refractivity contribution in [1.29, 1.82) is 0 Å². The lowest BCUT2D eigenvalue weighted by atomic mass is 10.0. The van der Waals surface area contributed by atoms with E-state index in [0.29, 0.717) is 24.4 Å². The van der Waals surface area contributed by atoms with Gasteiger partial charge in [0.1, 0.15) is 5.52 Å². The fourth-order valence-electron chi connectivity index (χ4n) is 3.32. The Bertz CT molecular complexity index is 755. The highest BCUT2D eigenvalue weighted by Crippen LogP contribution is 2.31. The zero-order valence-corrected chi connectivity index (χ0v) is 15.8. The van der Waals surface area contributed by atoms with Crippen molar-refractivity contribution in [3.8, 4) is 5.75 Å². The molecule has 1 saturated heterocycles. The van der Waals surface area contributed by atoms with Crippen molar-refractivity contribution in [2.45, 2.75) is 26.8 Å². The molecule has 0 radical (unpaired) electrons. The van der Waals surface area contributed by atoms with Crippen molar-refractivity contribution in [1.82, 2.24) is 14.8 Å². The van der Waals surface area contributed by atoms with Gasteiger partial charge in [-0.15, -0.1) is 0 Å². The van der Waals surface area contributed by atoms with E-state index < -0.39 is 0 Å². The van der Waals surface area contributed by atoms with Gasteiger partial charge in [-0.25, -0.2) is 4.79 Å². The minimum atomic E-state index is -0.335. The maximum absolute atomic E-state index is 12.5. The maximum Gasteiger partial charge on any atom is 0.415 e. The number of carbonyl (C=O) groups excluding carboxylic acids is 1. The van der Waals surface area contributed by atoms with Crippen LogP contribution in [0.3, 0.4) is 0 Å². The highest BCUT2D eigenvalue weighted by Gasteiger charge is 2.21. The first-order valence-corrected chi connectivity index (χ1v) is 9.31. The van der Waals surface area contributed by atoms with Gasteiger partial charge in [0, 0.05) is 43.8 Å². The molecule has 0 saturated carbocycles. The summed E-state index contributed by atoms with van der Waals surface area (Å²) < 4.78 is 11.2. The van der Waals surface area contributed by atoms with Gasteiger partial charge < -0.3 is 14.4 Å². The van der Waals surface area contributed by atoms with E-state index in [0.717, 1.165) is 37.3 Å². The summed E-state index contributed by atoms with van der Waals surface area (Å²) in [6, 6.07) is 8.22. The van der Waals surface area contributed by atoms with Gasteiger partial charge in [0.15, 0.2) is 5.75 Å². The van der Waals surface area contributed by atoms with Gasteiger partial charge in [0.25, 0.3) is 0 Å². The molecule has 0 bridgehead atoms. The Morgan fingerprint density at radius 3 is 2.73 bits per heavy atom. The van der Waals surface area contributed by atoms with Crippen LogP contribution in [-0.2, 0) is 4.74 Å². The topological polar surface area (TPSA) is 54.9 Å². The summed E-state index contributed by atoms with van der Waals surface area (Å²) in [4.78, 5) is 20.9. The third-order valence-electron chi connectivity index (χ3n) is 4.99. The Hall–Kier alpha value is -2.18. The molecule has 0 aliphatic carbocycles. The van der Waals surface area contributed by atoms with Crippen LogP contribution in [-0.4, -0.2) is 60.3 Å². The molecule has 1 aromatic carbocycles. The number of carbonyl (C=O) groups is 1.